The molecular formula is C14H20N4O4S. The molecule has 9 heteroatoms. The molecule has 0 bridgehead atoms. The molecule has 2 aliphatic rings. The second kappa shape index (κ2) is 6.50. The van der Waals surface area contributed by atoms with E-state index < -0.39 is 5.60 Å². The summed E-state index contributed by atoms with van der Waals surface area (Å²) in [7, 11) is 0. The largest absolute Gasteiger partial charge is 0.378 e. The summed E-state index contributed by atoms with van der Waals surface area (Å²) in [6, 6.07) is 0. The lowest BCUT2D eigenvalue weighted by atomic mass is 10.0. The number of ether oxygens (including phenoxy) is 2. The molecule has 126 valence electrons. The van der Waals surface area contributed by atoms with Crippen molar-refractivity contribution >= 4 is 23.3 Å². The van der Waals surface area contributed by atoms with Crippen molar-refractivity contribution in [2.24, 2.45) is 0 Å². The van der Waals surface area contributed by atoms with Crippen LogP contribution in [0.2, 0.25) is 0 Å². The highest BCUT2D eigenvalue weighted by Crippen LogP contribution is 2.24. The van der Waals surface area contributed by atoms with Crippen LogP contribution in [-0.4, -0.2) is 82.8 Å². The van der Waals surface area contributed by atoms with Gasteiger partial charge in [-0.15, -0.1) is 5.10 Å². The number of amides is 2. The van der Waals surface area contributed by atoms with Gasteiger partial charge in [0.2, 0.25) is 0 Å². The number of nitrogens with zero attached hydrogens (tertiary/aromatic N) is 4. The Labute approximate surface area is 138 Å². The Balaban J connectivity index is 1.73. The second-order valence-electron chi connectivity index (χ2n) is 5.90. The molecule has 1 atom stereocenters. The molecule has 1 aromatic heterocycles. The molecular weight excluding hydrogens is 320 g/mol. The molecule has 0 aromatic carbocycles. The third-order valence-electron chi connectivity index (χ3n) is 4.16. The van der Waals surface area contributed by atoms with Gasteiger partial charge in [-0.3, -0.25) is 9.59 Å². The van der Waals surface area contributed by atoms with Crippen LogP contribution in [0.4, 0.5) is 0 Å². The summed E-state index contributed by atoms with van der Waals surface area (Å²) in [5.74, 6) is -0.223. The van der Waals surface area contributed by atoms with E-state index in [4.69, 9.17) is 9.47 Å². The predicted octanol–water partition coefficient (Wildman–Crippen LogP) is -0.0636. The van der Waals surface area contributed by atoms with Crippen LogP contribution >= 0.6 is 11.5 Å². The maximum atomic E-state index is 12.8. The van der Waals surface area contributed by atoms with Gasteiger partial charge in [0, 0.05) is 19.6 Å². The zero-order valence-corrected chi connectivity index (χ0v) is 14.1. The molecule has 0 saturated carbocycles. The van der Waals surface area contributed by atoms with Gasteiger partial charge >= 0.3 is 0 Å². The van der Waals surface area contributed by atoms with E-state index in [0.29, 0.717) is 50.0 Å². The monoisotopic (exact) mass is 340 g/mol. The summed E-state index contributed by atoms with van der Waals surface area (Å²) in [6.45, 7) is 6.74. The third-order valence-corrected chi connectivity index (χ3v) is 4.97. The van der Waals surface area contributed by atoms with Gasteiger partial charge in [-0.2, -0.15) is 0 Å². The zero-order valence-electron chi connectivity index (χ0n) is 13.3. The van der Waals surface area contributed by atoms with Gasteiger partial charge in [-0.1, -0.05) is 4.49 Å². The Morgan fingerprint density at radius 3 is 2.52 bits per heavy atom. The SMILES string of the molecule is Cc1nnsc1C(=O)N1CCO[C@](C)(C(=O)N2CCOCC2)C1. The Hall–Kier alpha value is -1.58. The first-order valence-electron chi connectivity index (χ1n) is 7.60. The van der Waals surface area contributed by atoms with Gasteiger partial charge in [0.1, 0.15) is 4.88 Å². The van der Waals surface area contributed by atoms with E-state index >= 15 is 0 Å². The molecule has 0 unspecified atom stereocenters. The summed E-state index contributed by atoms with van der Waals surface area (Å²) in [4.78, 5) is 29.3. The van der Waals surface area contributed by atoms with E-state index in [1.54, 1.807) is 23.6 Å². The van der Waals surface area contributed by atoms with E-state index in [0.717, 1.165) is 11.5 Å². The van der Waals surface area contributed by atoms with Crippen LogP contribution in [0, 0.1) is 6.92 Å². The first-order valence-corrected chi connectivity index (χ1v) is 8.38. The minimum atomic E-state index is -1.02. The number of aromatic nitrogens is 2. The zero-order chi connectivity index (χ0) is 16.4. The van der Waals surface area contributed by atoms with Crippen molar-refractivity contribution in [3.05, 3.63) is 10.6 Å². The molecule has 0 aliphatic carbocycles. The Morgan fingerprint density at radius 2 is 1.87 bits per heavy atom. The number of carbonyl (C=O) groups is 2. The number of rotatable bonds is 2. The van der Waals surface area contributed by atoms with Crippen molar-refractivity contribution in [2.45, 2.75) is 19.4 Å². The van der Waals surface area contributed by atoms with Gasteiger partial charge < -0.3 is 19.3 Å². The maximum Gasteiger partial charge on any atom is 0.267 e. The summed E-state index contributed by atoms with van der Waals surface area (Å²) in [5, 5.41) is 3.88. The number of aryl methyl sites for hydroxylation is 1. The molecule has 2 amide bonds. The second-order valence-corrected chi connectivity index (χ2v) is 6.65. The highest BCUT2D eigenvalue weighted by molar-refractivity contribution is 7.07. The van der Waals surface area contributed by atoms with Gasteiger partial charge in [-0.25, -0.2) is 0 Å². The van der Waals surface area contributed by atoms with Crippen LogP contribution in [0.1, 0.15) is 22.3 Å². The van der Waals surface area contributed by atoms with E-state index in [9.17, 15) is 9.59 Å². The number of morpholine rings is 2. The average molecular weight is 340 g/mol. The average Bonchev–Trinajstić information content (AvgIpc) is 3.00. The first-order chi connectivity index (χ1) is 11.0. The molecule has 3 rings (SSSR count). The van der Waals surface area contributed by atoms with Crippen molar-refractivity contribution in [1.82, 2.24) is 19.4 Å². The quantitative estimate of drug-likeness (QED) is 0.750. The van der Waals surface area contributed by atoms with Crippen molar-refractivity contribution < 1.29 is 19.1 Å². The summed E-state index contributed by atoms with van der Waals surface area (Å²) >= 11 is 1.08. The lowest BCUT2D eigenvalue weighted by Crippen LogP contribution is -2.61. The minimum Gasteiger partial charge on any atom is -0.378 e. The van der Waals surface area contributed by atoms with Gasteiger partial charge in [0.15, 0.2) is 5.60 Å². The van der Waals surface area contributed by atoms with Crippen LogP contribution in [0.15, 0.2) is 0 Å². The third kappa shape index (κ3) is 3.22. The van der Waals surface area contributed by atoms with Crippen molar-refractivity contribution in [3.63, 3.8) is 0 Å². The molecule has 23 heavy (non-hydrogen) atoms. The normalized spacial score (nSPS) is 25.5. The summed E-state index contributed by atoms with van der Waals surface area (Å²) < 4.78 is 14.8. The van der Waals surface area contributed by atoms with E-state index in [-0.39, 0.29) is 18.4 Å². The van der Waals surface area contributed by atoms with E-state index in [1.807, 2.05) is 0 Å². The standard InChI is InChI=1S/C14H20N4O4S/c1-10-11(23-16-15-10)12(19)18-5-8-22-14(2,9-18)13(20)17-3-6-21-7-4-17/h3-9H2,1-2H3/t14-/m0/s1. The summed E-state index contributed by atoms with van der Waals surface area (Å²) in [6.07, 6.45) is 0. The fourth-order valence-electron chi connectivity index (χ4n) is 2.84. The molecule has 0 radical (unpaired) electrons. The molecule has 2 aliphatic heterocycles. The van der Waals surface area contributed by atoms with Crippen molar-refractivity contribution in [1.29, 1.82) is 0 Å². The lowest BCUT2D eigenvalue weighted by molar-refractivity contribution is -0.168. The highest BCUT2D eigenvalue weighted by Gasteiger charge is 2.43. The highest BCUT2D eigenvalue weighted by atomic mass is 32.1. The molecule has 1 aromatic rings. The van der Waals surface area contributed by atoms with Gasteiger partial charge in [-0.05, 0) is 25.4 Å². The Kier molecular flexibility index (Phi) is 4.60. The molecule has 3 heterocycles. The van der Waals surface area contributed by atoms with Crippen LogP contribution < -0.4 is 0 Å². The first kappa shape index (κ1) is 16.3. The van der Waals surface area contributed by atoms with Gasteiger partial charge in [0.25, 0.3) is 11.8 Å². The number of carbonyl (C=O) groups excluding carboxylic acids is 2. The fraction of sp³-hybridized carbons (Fsp3) is 0.714. The maximum absolute atomic E-state index is 12.8. The van der Waals surface area contributed by atoms with E-state index in [2.05, 4.69) is 9.59 Å². The minimum absolute atomic E-state index is 0.0857. The lowest BCUT2D eigenvalue weighted by Gasteiger charge is -2.42. The van der Waals surface area contributed by atoms with Crippen molar-refractivity contribution in [2.75, 3.05) is 46.0 Å². The Bertz CT molecular complexity index is 601. The number of hydrogen-bond donors (Lipinski definition) is 0. The predicted molar refractivity (Wildman–Crippen MR) is 82.3 cm³/mol. The summed E-state index contributed by atoms with van der Waals surface area (Å²) in [5.41, 5.74) is -0.398. The fourth-order valence-corrected chi connectivity index (χ4v) is 3.47. The van der Waals surface area contributed by atoms with E-state index in [1.165, 1.54) is 0 Å². The number of hydrogen-bond acceptors (Lipinski definition) is 7. The van der Waals surface area contributed by atoms with Crippen molar-refractivity contribution in [3.8, 4) is 0 Å². The Morgan fingerprint density at radius 1 is 1.17 bits per heavy atom. The molecule has 0 spiro atoms. The smallest absolute Gasteiger partial charge is 0.267 e. The topological polar surface area (TPSA) is 84.9 Å². The molecule has 8 nitrogen and oxygen atoms in total. The molecule has 2 saturated heterocycles. The van der Waals surface area contributed by atoms with Crippen LogP contribution in [0.3, 0.4) is 0 Å². The molecule has 2 fully saturated rings. The van der Waals surface area contributed by atoms with Crippen LogP contribution in [0.5, 0.6) is 0 Å². The van der Waals surface area contributed by atoms with Crippen LogP contribution in [0.25, 0.3) is 0 Å². The molecule has 0 N–H and O–H groups in total. The van der Waals surface area contributed by atoms with Crippen LogP contribution in [-0.2, 0) is 14.3 Å². The van der Waals surface area contributed by atoms with Gasteiger partial charge in [0.05, 0.1) is 32.1 Å².